The largest absolute Gasteiger partial charge is 0.496 e. The van der Waals surface area contributed by atoms with E-state index >= 15 is 0 Å². The molecular formula is C18H19FO2. The van der Waals surface area contributed by atoms with Crippen LogP contribution in [0.15, 0.2) is 36.9 Å². The highest BCUT2D eigenvalue weighted by molar-refractivity contribution is 5.79. The molecule has 0 saturated carbocycles. The maximum absolute atomic E-state index is 13.8. The second-order valence-corrected chi connectivity index (χ2v) is 4.95. The summed E-state index contributed by atoms with van der Waals surface area (Å²) in [5, 5.41) is 0. The molecule has 2 aromatic carbocycles. The molecule has 0 aliphatic carbocycles. The van der Waals surface area contributed by atoms with Crippen LogP contribution in [0.2, 0.25) is 0 Å². The highest BCUT2D eigenvalue weighted by atomic mass is 19.1. The molecule has 2 rings (SSSR count). The molecule has 0 saturated heterocycles. The fraction of sp³-hybridized carbons (Fsp3) is 0.222. The van der Waals surface area contributed by atoms with Crippen LogP contribution >= 0.6 is 0 Å². The van der Waals surface area contributed by atoms with Crippen LogP contribution in [0.5, 0.6) is 11.5 Å². The van der Waals surface area contributed by atoms with Gasteiger partial charge < -0.3 is 9.47 Å². The fourth-order valence-corrected chi connectivity index (χ4v) is 2.23. The summed E-state index contributed by atoms with van der Waals surface area (Å²) in [5.41, 5.74) is 4.59. The van der Waals surface area contributed by atoms with Gasteiger partial charge in [0.2, 0.25) is 0 Å². The van der Waals surface area contributed by atoms with Gasteiger partial charge in [0.15, 0.2) is 11.6 Å². The van der Waals surface area contributed by atoms with E-state index in [4.69, 9.17) is 9.47 Å². The van der Waals surface area contributed by atoms with Crippen molar-refractivity contribution in [3.05, 3.63) is 65.0 Å². The topological polar surface area (TPSA) is 18.5 Å². The molecule has 0 N–H and O–H groups in total. The Hall–Kier alpha value is -2.29. The number of hydrogen-bond donors (Lipinski definition) is 0. The Morgan fingerprint density at radius 2 is 1.62 bits per heavy atom. The van der Waals surface area contributed by atoms with Crippen LogP contribution in [-0.2, 0) is 0 Å². The summed E-state index contributed by atoms with van der Waals surface area (Å²) in [6, 6.07) is 8.79. The number of benzene rings is 2. The van der Waals surface area contributed by atoms with Gasteiger partial charge in [0.05, 0.1) is 14.2 Å². The van der Waals surface area contributed by atoms with Gasteiger partial charge in [-0.25, -0.2) is 4.39 Å². The minimum Gasteiger partial charge on any atom is -0.496 e. The number of methoxy groups -OCH3 is 2. The van der Waals surface area contributed by atoms with Gasteiger partial charge in [0.1, 0.15) is 5.75 Å². The van der Waals surface area contributed by atoms with Crippen LogP contribution < -0.4 is 9.47 Å². The average Bonchev–Trinajstić information content (AvgIpc) is 2.49. The van der Waals surface area contributed by atoms with Gasteiger partial charge >= 0.3 is 0 Å². The smallest absolute Gasteiger partial charge is 0.165 e. The second kappa shape index (κ2) is 6.00. The molecule has 0 radical (unpaired) electrons. The van der Waals surface area contributed by atoms with Gasteiger partial charge in [-0.15, -0.1) is 0 Å². The third kappa shape index (κ3) is 2.92. The molecule has 0 heterocycles. The summed E-state index contributed by atoms with van der Waals surface area (Å²) in [5.74, 6) is 0.635. The van der Waals surface area contributed by atoms with Gasteiger partial charge in [0, 0.05) is 0 Å². The van der Waals surface area contributed by atoms with E-state index in [1.165, 1.54) is 13.2 Å². The van der Waals surface area contributed by atoms with Gasteiger partial charge in [-0.05, 0) is 59.9 Å². The summed E-state index contributed by atoms with van der Waals surface area (Å²) < 4.78 is 24.1. The van der Waals surface area contributed by atoms with Crippen molar-refractivity contribution in [2.75, 3.05) is 14.2 Å². The van der Waals surface area contributed by atoms with E-state index in [0.717, 1.165) is 33.6 Å². The Balaban J connectivity index is 2.45. The van der Waals surface area contributed by atoms with Gasteiger partial charge in [-0.1, -0.05) is 18.7 Å². The van der Waals surface area contributed by atoms with E-state index in [9.17, 15) is 4.39 Å². The van der Waals surface area contributed by atoms with Gasteiger partial charge in [-0.2, -0.15) is 0 Å². The first kappa shape index (κ1) is 15.1. The van der Waals surface area contributed by atoms with Crippen molar-refractivity contribution in [2.45, 2.75) is 13.8 Å². The lowest BCUT2D eigenvalue weighted by Crippen LogP contribution is -1.95. The number of halogens is 1. The number of ether oxygens (including phenoxy) is 2. The highest BCUT2D eigenvalue weighted by Crippen LogP contribution is 2.31. The minimum atomic E-state index is -0.396. The van der Waals surface area contributed by atoms with E-state index in [1.54, 1.807) is 19.2 Å². The van der Waals surface area contributed by atoms with Crippen molar-refractivity contribution < 1.29 is 13.9 Å². The molecule has 0 unspecified atom stereocenters. The number of hydrogen-bond acceptors (Lipinski definition) is 2. The SMILES string of the molecule is C=C(c1ccc(OC)c(F)c1)c1cc(C)c(C)c(OC)c1. The van der Waals surface area contributed by atoms with E-state index in [-0.39, 0.29) is 5.75 Å². The molecule has 0 atom stereocenters. The van der Waals surface area contributed by atoms with E-state index in [0.29, 0.717) is 0 Å². The van der Waals surface area contributed by atoms with Crippen molar-refractivity contribution in [1.29, 1.82) is 0 Å². The zero-order valence-corrected chi connectivity index (χ0v) is 12.8. The van der Waals surface area contributed by atoms with E-state index in [1.807, 2.05) is 26.0 Å². The Kier molecular flexibility index (Phi) is 4.32. The molecule has 0 aliphatic rings. The lowest BCUT2D eigenvalue weighted by Gasteiger charge is -2.13. The van der Waals surface area contributed by atoms with Crippen LogP contribution in [0.4, 0.5) is 4.39 Å². The molecule has 0 aromatic heterocycles. The fourth-order valence-electron chi connectivity index (χ4n) is 2.23. The Morgan fingerprint density at radius 3 is 2.19 bits per heavy atom. The molecule has 2 aromatic rings. The summed E-state index contributed by atoms with van der Waals surface area (Å²) in [6.07, 6.45) is 0. The summed E-state index contributed by atoms with van der Waals surface area (Å²) in [4.78, 5) is 0. The molecule has 3 heteroatoms. The lowest BCUT2D eigenvalue weighted by molar-refractivity contribution is 0.386. The third-order valence-corrected chi connectivity index (χ3v) is 3.69. The third-order valence-electron chi connectivity index (χ3n) is 3.69. The molecule has 0 bridgehead atoms. The normalized spacial score (nSPS) is 10.3. The van der Waals surface area contributed by atoms with Crippen molar-refractivity contribution in [3.63, 3.8) is 0 Å². The zero-order valence-electron chi connectivity index (χ0n) is 12.8. The van der Waals surface area contributed by atoms with Crippen LogP contribution in [0.25, 0.3) is 5.57 Å². The first-order valence-electron chi connectivity index (χ1n) is 6.66. The summed E-state index contributed by atoms with van der Waals surface area (Å²) >= 11 is 0. The quantitative estimate of drug-likeness (QED) is 0.822. The Morgan fingerprint density at radius 1 is 0.952 bits per heavy atom. The molecule has 0 fully saturated rings. The first-order chi connectivity index (χ1) is 9.97. The van der Waals surface area contributed by atoms with Crippen molar-refractivity contribution in [2.24, 2.45) is 0 Å². The molecule has 21 heavy (non-hydrogen) atoms. The van der Waals surface area contributed by atoms with Crippen molar-refractivity contribution in [3.8, 4) is 11.5 Å². The van der Waals surface area contributed by atoms with Crippen LogP contribution in [0, 0.1) is 19.7 Å². The summed E-state index contributed by atoms with van der Waals surface area (Å²) in [7, 11) is 3.09. The number of rotatable bonds is 4. The number of aryl methyl sites for hydroxylation is 1. The average molecular weight is 286 g/mol. The van der Waals surface area contributed by atoms with Gasteiger partial charge in [-0.3, -0.25) is 0 Å². The van der Waals surface area contributed by atoms with Crippen molar-refractivity contribution in [1.82, 2.24) is 0 Å². The van der Waals surface area contributed by atoms with Crippen LogP contribution in [-0.4, -0.2) is 14.2 Å². The van der Waals surface area contributed by atoms with Gasteiger partial charge in [0.25, 0.3) is 0 Å². The molecule has 0 amide bonds. The zero-order chi connectivity index (χ0) is 15.6. The van der Waals surface area contributed by atoms with E-state index in [2.05, 4.69) is 6.58 Å². The van der Waals surface area contributed by atoms with E-state index < -0.39 is 5.82 Å². The Bertz CT molecular complexity index is 690. The van der Waals surface area contributed by atoms with Crippen LogP contribution in [0.1, 0.15) is 22.3 Å². The molecule has 0 spiro atoms. The summed E-state index contributed by atoms with van der Waals surface area (Å²) in [6.45, 7) is 8.10. The molecule has 0 aliphatic heterocycles. The molecular weight excluding hydrogens is 267 g/mol. The Labute approximate surface area is 124 Å². The minimum absolute atomic E-state index is 0.226. The monoisotopic (exact) mass is 286 g/mol. The standard InChI is InChI=1S/C18H19FO2/c1-11-8-15(10-18(21-5)12(11)2)13(3)14-6-7-17(20-4)16(19)9-14/h6-10H,3H2,1-2,4-5H3. The predicted molar refractivity (Wildman–Crippen MR) is 83.6 cm³/mol. The maximum Gasteiger partial charge on any atom is 0.165 e. The first-order valence-corrected chi connectivity index (χ1v) is 6.66. The second-order valence-electron chi connectivity index (χ2n) is 4.95. The predicted octanol–water partition coefficient (Wildman–Crippen LogP) is 4.52. The highest BCUT2D eigenvalue weighted by Gasteiger charge is 2.11. The van der Waals surface area contributed by atoms with Crippen LogP contribution in [0.3, 0.4) is 0 Å². The maximum atomic E-state index is 13.8. The van der Waals surface area contributed by atoms with Crippen molar-refractivity contribution >= 4 is 5.57 Å². The lowest BCUT2D eigenvalue weighted by atomic mass is 9.95. The molecule has 2 nitrogen and oxygen atoms in total. The molecule has 110 valence electrons.